The summed E-state index contributed by atoms with van der Waals surface area (Å²) in [7, 11) is 1.64. The first-order valence-electron chi connectivity index (χ1n) is 12.4. The van der Waals surface area contributed by atoms with E-state index in [1.54, 1.807) is 18.9 Å². The molecule has 1 aliphatic heterocycles. The molecule has 1 saturated heterocycles. The number of unbranched alkanes of at least 4 members (excludes halogenated alkanes) is 1. The van der Waals surface area contributed by atoms with Crippen LogP contribution in [0.3, 0.4) is 0 Å². The Morgan fingerprint density at radius 2 is 1.88 bits per heavy atom. The smallest absolute Gasteiger partial charge is 0.257 e. The van der Waals surface area contributed by atoms with E-state index in [1.165, 1.54) is 24.8 Å². The number of carbonyl (C=O) groups is 1. The SMILES string of the molecule is CCCCN(CCC)CCC1(c2ccccc2)CCN(C(=O)c2cc(SC)ccc2OC)C1. The number of nitrogens with zero attached hydrogens (tertiary/aromatic N) is 2. The predicted molar refractivity (Wildman–Crippen MR) is 140 cm³/mol. The summed E-state index contributed by atoms with van der Waals surface area (Å²) < 4.78 is 5.54. The van der Waals surface area contributed by atoms with Crippen LogP contribution in [-0.4, -0.2) is 61.8 Å². The van der Waals surface area contributed by atoms with E-state index in [1.807, 2.05) is 29.4 Å². The molecule has 0 N–H and O–H groups in total. The zero-order chi connectivity index (χ0) is 23.7. The Morgan fingerprint density at radius 1 is 1.09 bits per heavy atom. The Balaban J connectivity index is 1.83. The quantitative estimate of drug-likeness (QED) is 0.352. The molecular formula is C28H40N2O2S. The molecule has 1 atom stereocenters. The highest BCUT2D eigenvalue weighted by Gasteiger charge is 2.41. The fourth-order valence-corrected chi connectivity index (χ4v) is 5.42. The van der Waals surface area contributed by atoms with Crippen molar-refractivity contribution in [3.8, 4) is 5.75 Å². The highest BCUT2D eigenvalue weighted by atomic mass is 32.2. The van der Waals surface area contributed by atoms with Crippen LogP contribution < -0.4 is 4.74 Å². The molecule has 2 aromatic rings. The average Bonchev–Trinajstić information content (AvgIpc) is 3.31. The first-order chi connectivity index (χ1) is 16.1. The largest absolute Gasteiger partial charge is 0.496 e. The molecule has 1 unspecified atom stereocenters. The molecule has 1 heterocycles. The van der Waals surface area contributed by atoms with Gasteiger partial charge in [0.1, 0.15) is 5.75 Å². The Bertz CT molecular complexity index is 889. The first kappa shape index (κ1) is 25.6. The van der Waals surface area contributed by atoms with Crippen LogP contribution in [0.4, 0.5) is 0 Å². The second-order valence-corrected chi connectivity index (χ2v) is 10.0. The minimum Gasteiger partial charge on any atom is -0.496 e. The van der Waals surface area contributed by atoms with E-state index in [0.717, 1.165) is 50.5 Å². The first-order valence-corrected chi connectivity index (χ1v) is 13.6. The second-order valence-electron chi connectivity index (χ2n) is 9.13. The molecule has 0 bridgehead atoms. The maximum Gasteiger partial charge on any atom is 0.257 e. The van der Waals surface area contributed by atoms with Crippen LogP contribution in [0.15, 0.2) is 53.4 Å². The lowest BCUT2D eigenvalue weighted by Gasteiger charge is -2.33. The highest BCUT2D eigenvalue weighted by molar-refractivity contribution is 7.98. The van der Waals surface area contributed by atoms with Gasteiger partial charge in [0.25, 0.3) is 5.91 Å². The number of ether oxygens (including phenoxy) is 1. The second kappa shape index (κ2) is 12.5. The predicted octanol–water partition coefficient (Wildman–Crippen LogP) is 6.10. The lowest BCUT2D eigenvalue weighted by molar-refractivity contribution is 0.0777. The summed E-state index contributed by atoms with van der Waals surface area (Å²) in [5.41, 5.74) is 2.03. The van der Waals surface area contributed by atoms with Crippen molar-refractivity contribution >= 4 is 17.7 Å². The number of benzene rings is 2. The van der Waals surface area contributed by atoms with E-state index in [-0.39, 0.29) is 11.3 Å². The maximum atomic E-state index is 13.6. The van der Waals surface area contributed by atoms with Gasteiger partial charge in [-0.3, -0.25) is 4.79 Å². The van der Waals surface area contributed by atoms with Gasteiger partial charge in [-0.25, -0.2) is 0 Å². The van der Waals surface area contributed by atoms with E-state index in [4.69, 9.17) is 4.74 Å². The van der Waals surface area contributed by atoms with Crippen molar-refractivity contribution in [1.82, 2.24) is 9.80 Å². The zero-order valence-corrected chi connectivity index (χ0v) is 21.6. The molecule has 5 heteroatoms. The Hall–Kier alpha value is -1.98. The summed E-state index contributed by atoms with van der Waals surface area (Å²) in [4.78, 5) is 19.4. The molecular weight excluding hydrogens is 428 g/mol. The van der Waals surface area contributed by atoms with Crippen LogP contribution in [0.2, 0.25) is 0 Å². The van der Waals surface area contributed by atoms with Crippen LogP contribution in [0.5, 0.6) is 5.75 Å². The number of thioether (sulfide) groups is 1. The zero-order valence-electron chi connectivity index (χ0n) is 20.8. The van der Waals surface area contributed by atoms with Gasteiger partial charge in [0.2, 0.25) is 0 Å². The van der Waals surface area contributed by atoms with Crippen LogP contribution in [0.1, 0.15) is 61.9 Å². The van der Waals surface area contributed by atoms with Gasteiger partial charge in [-0.15, -0.1) is 11.8 Å². The van der Waals surface area contributed by atoms with Gasteiger partial charge in [0.15, 0.2) is 0 Å². The van der Waals surface area contributed by atoms with Crippen LogP contribution in [0, 0.1) is 0 Å². The normalized spacial score (nSPS) is 18.2. The van der Waals surface area contributed by atoms with E-state index < -0.39 is 0 Å². The molecule has 33 heavy (non-hydrogen) atoms. The van der Waals surface area contributed by atoms with Gasteiger partial charge < -0.3 is 14.5 Å². The van der Waals surface area contributed by atoms with Gasteiger partial charge in [-0.05, 0) is 75.3 Å². The van der Waals surface area contributed by atoms with Crippen LogP contribution >= 0.6 is 11.8 Å². The van der Waals surface area contributed by atoms with Crippen LogP contribution in [-0.2, 0) is 5.41 Å². The summed E-state index contributed by atoms with van der Waals surface area (Å²) in [5, 5.41) is 0. The van der Waals surface area contributed by atoms with E-state index in [9.17, 15) is 4.79 Å². The Kier molecular flexibility index (Phi) is 9.69. The van der Waals surface area contributed by atoms with E-state index >= 15 is 0 Å². The van der Waals surface area contributed by atoms with Crippen molar-refractivity contribution in [3.63, 3.8) is 0 Å². The summed E-state index contributed by atoms with van der Waals surface area (Å²) >= 11 is 1.65. The molecule has 4 nitrogen and oxygen atoms in total. The third kappa shape index (κ3) is 6.33. The maximum absolute atomic E-state index is 13.6. The number of amides is 1. The van der Waals surface area contributed by atoms with Crippen molar-refractivity contribution < 1.29 is 9.53 Å². The van der Waals surface area contributed by atoms with Gasteiger partial charge >= 0.3 is 0 Å². The highest BCUT2D eigenvalue weighted by Crippen LogP contribution is 2.39. The molecule has 2 aromatic carbocycles. The van der Waals surface area contributed by atoms with Gasteiger partial charge in [0, 0.05) is 23.4 Å². The lowest BCUT2D eigenvalue weighted by atomic mass is 9.76. The number of carbonyl (C=O) groups excluding carboxylic acids is 1. The molecule has 0 spiro atoms. The number of likely N-dealkylation sites (tertiary alicyclic amines) is 1. The number of methoxy groups -OCH3 is 1. The number of hydrogen-bond acceptors (Lipinski definition) is 4. The molecule has 1 fully saturated rings. The van der Waals surface area contributed by atoms with Gasteiger partial charge in [-0.1, -0.05) is 50.6 Å². The summed E-state index contributed by atoms with van der Waals surface area (Å²) in [6.07, 6.45) is 7.76. The van der Waals surface area contributed by atoms with E-state index in [2.05, 4.69) is 49.1 Å². The van der Waals surface area contributed by atoms with Crippen molar-refractivity contribution in [2.75, 3.05) is 46.1 Å². The van der Waals surface area contributed by atoms with Crippen molar-refractivity contribution in [2.24, 2.45) is 0 Å². The standard InChI is InChI=1S/C28H40N2O2S/c1-5-7-18-29(17-6-2)19-15-28(23-11-9-8-10-12-23)16-20-30(22-28)27(31)25-21-24(33-4)13-14-26(25)32-3/h8-14,21H,5-7,15-20,22H2,1-4H3. The van der Waals surface area contributed by atoms with Gasteiger partial charge in [-0.2, -0.15) is 0 Å². The molecule has 0 saturated carbocycles. The Morgan fingerprint density at radius 3 is 2.55 bits per heavy atom. The molecule has 1 amide bonds. The number of hydrogen-bond donors (Lipinski definition) is 0. The molecule has 0 aromatic heterocycles. The van der Waals surface area contributed by atoms with Crippen molar-refractivity contribution in [3.05, 3.63) is 59.7 Å². The monoisotopic (exact) mass is 468 g/mol. The minimum atomic E-state index is -0.000518. The van der Waals surface area contributed by atoms with Crippen LogP contribution in [0.25, 0.3) is 0 Å². The molecule has 0 radical (unpaired) electrons. The fraction of sp³-hybridized carbons (Fsp3) is 0.536. The topological polar surface area (TPSA) is 32.8 Å². The summed E-state index contributed by atoms with van der Waals surface area (Å²) in [6.45, 7) is 9.45. The Labute approximate surface area is 204 Å². The van der Waals surface area contributed by atoms with Gasteiger partial charge in [0.05, 0.1) is 12.7 Å². The minimum absolute atomic E-state index is 0.000518. The molecule has 180 valence electrons. The fourth-order valence-electron chi connectivity index (χ4n) is 4.98. The molecule has 3 rings (SSSR count). The van der Waals surface area contributed by atoms with Crippen molar-refractivity contribution in [1.29, 1.82) is 0 Å². The molecule has 1 aliphatic rings. The van der Waals surface area contributed by atoms with E-state index in [0.29, 0.717) is 11.3 Å². The average molecular weight is 469 g/mol. The lowest BCUT2D eigenvalue weighted by Crippen LogP contribution is -2.38. The molecule has 0 aliphatic carbocycles. The van der Waals surface area contributed by atoms with Crippen molar-refractivity contribution in [2.45, 2.75) is 56.3 Å². The summed E-state index contributed by atoms with van der Waals surface area (Å²) in [5.74, 6) is 0.737. The third-order valence-electron chi connectivity index (χ3n) is 6.94. The number of rotatable bonds is 12. The third-order valence-corrected chi connectivity index (χ3v) is 7.66. The summed E-state index contributed by atoms with van der Waals surface area (Å²) in [6, 6.07) is 16.7.